The van der Waals surface area contributed by atoms with Gasteiger partial charge in [0, 0.05) is 6.07 Å². The maximum absolute atomic E-state index is 5.84. The number of hydrogen-bond acceptors (Lipinski definition) is 4. The lowest BCUT2D eigenvalue weighted by atomic mass is 10.3. The van der Waals surface area contributed by atoms with Crippen LogP contribution in [0.2, 0.25) is 14.5 Å². The van der Waals surface area contributed by atoms with Crippen molar-refractivity contribution in [1.29, 1.82) is 0 Å². The molecule has 2 aromatic rings. The third kappa shape index (κ3) is 2.98. The van der Waals surface area contributed by atoms with Crippen molar-refractivity contribution in [3.63, 3.8) is 0 Å². The molecule has 2 rings (SSSR count). The van der Waals surface area contributed by atoms with Crippen molar-refractivity contribution in [3.05, 3.63) is 37.7 Å². The highest BCUT2D eigenvalue weighted by molar-refractivity contribution is 7.15. The Morgan fingerprint density at radius 1 is 1.12 bits per heavy atom. The number of benzene rings is 1. The summed E-state index contributed by atoms with van der Waals surface area (Å²) in [5.41, 5.74) is 0. The molecule has 1 aromatic carbocycles. The van der Waals surface area contributed by atoms with Crippen LogP contribution in [0.4, 0.5) is 0 Å². The van der Waals surface area contributed by atoms with Gasteiger partial charge in [0.05, 0.1) is 10.0 Å². The third-order valence-corrected chi connectivity index (χ3v) is 3.43. The fraction of sp³-hybridized carbons (Fsp3) is 0.111. The molecular weight excluding hydrogens is 291 g/mol. The molecule has 0 spiro atoms. The largest absolute Gasteiger partial charge is 0.486 e. The van der Waals surface area contributed by atoms with Gasteiger partial charge in [-0.05, 0) is 23.7 Å². The summed E-state index contributed by atoms with van der Waals surface area (Å²) in [4.78, 5) is 0. The smallest absolute Gasteiger partial charge is 0.207 e. The first kappa shape index (κ1) is 11.9. The molecule has 0 amide bonds. The highest BCUT2D eigenvalue weighted by atomic mass is 35.5. The average molecular weight is 296 g/mol. The first-order chi connectivity index (χ1) is 7.65. The molecule has 0 aliphatic rings. The molecular formula is C9H5Cl3N2OS. The maximum Gasteiger partial charge on any atom is 0.207 e. The Hall–Kier alpha value is -0.550. The van der Waals surface area contributed by atoms with Gasteiger partial charge >= 0.3 is 0 Å². The molecule has 0 aliphatic carbocycles. The Balaban J connectivity index is 2.02. The van der Waals surface area contributed by atoms with Gasteiger partial charge in [0.2, 0.25) is 4.47 Å². The Bertz CT molecular complexity index is 503. The number of hydrogen-bond donors (Lipinski definition) is 0. The van der Waals surface area contributed by atoms with Gasteiger partial charge in [0.25, 0.3) is 0 Å². The minimum atomic E-state index is 0.308. The summed E-state index contributed by atoms with van der Waals surface area (Å²) in [6.07, 6.45) is 0. The highest BCUT2D eigenvalue weighted by Crippen LogP contribution is 2.27. The van der Waals surface area contributed by atoms with Gasteiger partial charge in [0.15, 0.2) is 5.01 Å². The van der Waals surface area contributed by atoms with Crippen molar-refractivity contribution in [2.45, 2.75) is 6.61 Å². The number of aromatic nitrogens is 2. The molecule has 0 saturated carbocycles. The number of halogens is 3. The second-order valence-corrected chi connectivity index (χ2v) is 5.27. The lowest BCUT2D eigenvalue weighted by Crippen LogP contribution is -1.94. The van der Waals surface area contributed by atoms with E-state index in [-0.39, 0.29) is 0 Å². The molecule has 1 aromatic heterocycles. The van der Waals surface area contributed by atoms with Gasteiger partial charge in [-0.3, -0.25) is 0 Å². The van der Waals surface area contributed by atoms with Crippen molar-refractivity contribution >= 4 is 46.1 Å². The number of rotatable bonds is 3. The van der Waals surface area contributed by atoms with Crippen molar-refractivity contribution in [2.75, 3.05) is 0 Å². The van der Waals surface area contributed by atoms with E-state index in [9.17, 15) is 0 Å². The van der Waals surface area contributed by atoms with Gasteiger partial charge in [-0.1, -0.05) is 34.5 Å². The van der Waals surface area contributed by atoms with E-state index < -0.39 is 0 Å². The standard InChI is InChI=1S/C9H5Cl3N2OS/c10-6-2-1-5(3-7(6)11)15-4-8-13-14-9(12)16-8/h1-3H,4H2. The molecule has 0 unspecified atom stereocenters. The zero-order valence-corrected chi connectivity index (χ0v) is 10.9. The van der Waals surface area contributed by atoms with Crippen LogP contribution in [0.3, 0.4) is 0 Å². The lowest BCUT2D eigenvalue weighted by molar-refractivity contribution is 0.304. The van der Waals surface area contributed by atoms with Gasteiger partial charge in [0.1, 0.15) is 12.4 Å². The molecule has 0 saturated heterocycles. The molecule has 7 heteroatoms. The Morgan fingerprint density at radius 3 is 2.56 bits per heavy atom. The van der Waals surface area contributed by atoms with Crippen LogP contribution in [-0.4, -0.2) is 10.2 Å². The Kier molecular flexibility index (Phi) is 3.86. The third-order valence-electron chi connectivity index (χ3n) is 1.70. The average Bonchev–Trinajstić information content (AvgIpc) is 2.66. The molecule has 1 heterocycles. The molecule has 16 heavy (non-hydrogen) atoms. The topological polar surface area (TPSA) is 35.0 Å². The van der Waals surface area contributed by atoms with Crippen molar-refractivity contribution < 1.29 is 4.74 Å². The molecule has 3 nitrogen and oxygen atoms in total. The van der Waals surface area contributed by atoms with E-state index in [4.69, 9.17) is 39.5 Å². The fourth-order valence-electron chi connectivity index (χ4n) is 1.00. The summed E-state index contributed by atoms with van der Waals surface area (Å²) in [6.45, 7) is 0.308. The molecule has 0 atom stereocenters. The molecule has 0 N–H and O–H groups in total. The van der Waals surface area contributed by atoms with Gasteiger partial charge in [-0.2, -0.15) is 0 Å². The van der Waals surface area contributed by atoms with E-state index in [0.29, 0.717) is 31.9 Å². The van der Waals surface area contributed by atoms with Crippen LogP contribution in [-0.2, 0) is 6.61 Å². The quantitative estimate of drug-likeness (QED) is 0.856. The number of nitrogens with zero attached hydrogens (tertiary/aromatic N) is 2. The van der Waals surface area contributed by atoms with Gasteiger partial charge in [-0.25, -0.2) is 0 Å². The molecule has 0 bridgehead atoms. The second kappa shape index (κ2) is 5.19. The second-order valence-electron chi connectivity index (χ2n) is 2.81. The van der Waals surface area contributed by atoms with Crippen LogP contribution in [0.25, 0.3) is 0 Å². The maximum atomic E-state index is 5.84. The monoisotopic (exact) mass is 294 g/mol. The molecule has 0 fully saturated rings. The Morgan fingerprint density at radius 2 is 1.94 bits per heavy atom. The summed E-state index contributed by atoms with van der Waals surface area (Å²) in [6, 6.07) is 5.05. The van der Waals surface area contributed by atoms with Crippen LogP contribution in [0.15, 0.2) is 18.2 Å². The molecule has 84 valence electrons. The van der Waals surface area contributed by atoms with E-state index in [1.54, 1.807) is 18.2 Å². The summed E-state index contributed by atoms with van der Waals surface area (Å²) < 4.78 is 5.84. The van der Waals surface area contributed by atoms with E-state index in [1.165, 1.54) is 11.3 Å². The van der Waals surface area contributed by atoms with Crippen LogP contribution < -0.4 is 4.74 Å². The fourth-order valence-corrected chi connectivity index (χ4v) is 2.07. The van der Waals surface area contributed by atoms with Gasteiger partial charge < -0.3 is 4.74 Å². The van der Waals surface area contributed by atoms with Crippen molar-refractivity contribution in [3.8, 4) is 5.75 Å². The highest BCUT2D eigenvalue weighted by Gasteiger charge is 2.04. The van der Waals surface area contributed by atoms with Crippen LogP contribution in [0.5, 0.6) is 5.75 Å². The van der Waals surface area contributed by atoms with Crippen molar-refractivity contribution in [1.82, 2.24) is 10.2 Å². The van der Waals surface area contributed by atoms with E-state index in [1.807, 2.05) is 0 Å². The summed E-state index contributed by atoms with van der Waals surface area (Å²) in [5.74, 6) is 0.626. The predicted octanol–water partition coefficient (Wildman–Crippen LogP) is 4.08. The van der Waals surface area contributed by atoms with Gasteiger partial charge in [-0.15, -0.1) is 10.2 Å². The van der Waals surface area contributed by atoms with Crippen LogP contribution in [0, 0.1) is 0 Å². The normalized spacial score (nSPS) is 10.4. The van der Waals surface area contributed by atoms with Crippen molar-refractivity contribution in [2.24, 2.45) is 0 Å². The van der Waals surface area contributed by atoms with E-state index >= 15 is 0 Å². The van der Waals surface area contributed by atoms with Crippen LogP contribution >= 0.6 is 46.1 Å². The molecule has 0 aliphatic heterocycles. The first-order valence-corrected chi connectivity index (χ1v) is 6.16. The zero-order chi connectivity index (χ0) is 11.5. The van der Waals surface area contributed by atoms with Crippen LogP contribution in [0.1, 0.15) is 5.01 Å². The Labute approximate surface area is 111 Å². The summed E-state index contributed by atoms with van der Waals surface area (Å²) in [7, 11) is 0. The number of ether oxygens (including phenoxy) is 1. The summed E-state index contributed by atoms with van der Waals surface area (Å²) in [5, 5.41) is 9.14. The predicted molar refractivity (Wildman–Crippen MR) is 65.7 cm³/mol. The summed E-state index contributed by atoms with van der Waals surface area (Å²) >= 11 is 18.5. The van der Waals surface area contributed by atoms with E-state index in [2.05, 4.69) is 10.2 Å². The lowest BCUT2D eigenvalue weighted by Gasteiger charge is -2.04. The zero-order valence-electron chi connectivity index (χ0n) is 7.78. The van der Waals surface area contributed by atoms with E-state index in [0.717, 1.165) is 0 Å². The minimum absolute atomic E-state index is 0.308. The molecule has 0 radical (unpaired) electrons. The SMILES string of the molecule is Clc1nnc(COc2ccc(Cl)c(Cl)c2)s1. The first-order valence-electron chi connectivity index (χ1n) is 4.21. The minimum Gasteiger partial charge on any atom is -0.486 e.